The van der Waals surface area contributed by atoms with Gasteiger partial charge in [0, 0.05) is 17.4 Å². The molecule has 1 N–H and O–H groups in total. The highest BCUT2D eigenvalue weighted by Gasteiger charge is 2.29. The third kappa shape index (κ3) is 4.27. The monoisotopic (exact) mass is 378 g/mol. The number of sulfone groups is 1. The van der Waals surface area contributed by atoms with E-state index in [0.29, 0.717) is 11.6 Å². The first-order valence-corrected chi connectivity index (χ1v) is 11.0. The van der Waals surface area contributed by atoms with Gasteiger partial charge in [0.15, 0.2) is 15.0 Å². The highest BCUT2D eigenvalue weighted by Crippen LogP contribution is 2.30. The number of anilines is 1. The molecule has 7 heteroatoms. The molecule has 1 atom stereocenters. The molecular weight excluding hydrogens is 356 g/mol. The highest BCUT2D eigenvalue weighted by atomic mass is 32.2. The van der Waals surface area contributed by atoms with Gasteiger partial charge in [-0.3, -0.25) is 4.79 Å². The zero-order valence-electron chi connectivity index (χ0n) is 14.6. The summed E-state index contributed by atoms with van der Waals surface area (Å²) in [6, 6.07) is 4.26. The van der Waals surface area contributed by atoms with Crippen molar-refractivity contribution in [2.45, 2.75) is 33.6 Å². The molecule has 0 unspecified atom stereocenters. The minimum absolute atomic E-state index is 0.0774. The number of carbonyl (C=O) groups excluding carboxylic acids is 1. The van der Waals surface area contributed by atoms with E-state index in [1.54, 1.807) is 0 Å². The van der Waals surface area contributed by atoms with Gasteiger partial charge < -0.3 is 5.32 Å². The molecule has 3 rings (SSSR count). The molecule has 0 radical (unpaired) electrons. The zero-order valence-corrected chi connectivity index (χ0v) is 16.3. The fraction of sp³-hybridized carbons (Fsp3) is 0.444. The van der Waals surface area contributed by atoms with E-state index in [1.807, 2.05) is 5.38 Å². The van der Waals surface area contributed by atoms with Crippen molar-refractivity contribution in [3.05, 3.63) is 34.2 Å². The van der Waals surface area contributed by atoms with E-state index in [1.165, 1.54) is 22.5 Å². The van der Waals surface area contributed by atoms with Gasteiger partial charge in [-0.05, 0) is 55.9 Å². The quantitative estimate of drug-likeness (QED) is 0.883. The number of nitrogens with zero attached hydrogens (tertiary/aromatic N) is 1. The summed E-state index contributed by atoms with van der Waals surface area (Å²) < 4.78 is 23.0. The maximum atomic E-state index is 12.2. The average molecular weight is 379 g/mol. The number of carbonyl (C=O) groups is 1. The van der Waals surface area contributed by atoms with Crippen LogP contribution in [0, 0.1) is 26.7 Å². The van der Waals surface area contributed by atoms with Crippen LogP contribution in [0.15, 0.2) is 17.5 Å². The van der Waals surface area contributed by atoms with Crippen molar-refractivity contribution < 1.29 is 13.2 Å². The second-order valence-corrected chi connectivity index (χ2v) is 9.90. The molecule has 134 valence electrons. The Kier molecular flexibility index (Phi) is 4.97. The molecule has 1 amide bonds. The average Bonchev–Trinajstić information content (AvgIpc) is 3.09. The lowest BCUT2D eigenvalue weighted by atomic mass is 9.99. The topological polar surface area (TPSA) is 76.1 Å². The number of nitrogens with one attached hydrogen (secondary N) is 1. The van der Waals surface area contributed by atoms with Crippen molar-refractivity contribution in [3.63, 3.8) is 0 Å². The van der Waals surface area contributed by atoms with Gasteiger partial charge in [0.05, 0.1) is 17.2 Å². The van der Waals surface area contributed by atoms with Crippen LogP contribution in [0.1, 0.15) is 29.5 Å². The molecule has 1 fully saturated rings. The second kappa shape index (κ2) is 6.88. The number of hydrogen-bond acceptors (Lipinski definition) is 5. The first-order valence-electron chi connectivity index (χ1n) is 8.27. The minimum Gasteiger partial charge on any atom is -0.302 e. The number of hydrogen-bond donors (Lipinski definition) is 1. The van der Waals surface area contributed by atoms with Crippen LogP contribution in [0.25, 0.3) is 11.3 Å². The van der Waals surface area contributed by atoms with Crippen molar-refractivity contribution in [1.29, 1.82) is 0 Å². The number of rotatable bonds is 4. The Balaban J connectivity index is 1.68. The van der Waals surface area contributed by atoms with Crippen molar-refractivity contribution in [1.82, 2.24) is 4.98 Å². The molecule has 0 aliphatic carbocycles. The van der Waals surface area contributed by atoms with Crippen LogP contribution in [-0.4, -0.2) is 30.8 Å². The Morgan fingerprint density at radius 1 is 1.24 bits per heavy atom. The largest absolute Gasteiger partial charge is 0.302 e. The summed E-state index contributed by atoms with van der Waals surface area (Å²) in [6.45, 7) is 6.21. The van der Waals surface area contributed by atoms with Crippen LogP contribution in [0.3, 0.4) is 0 Å². The van der Waals surface area contributed by atoms with E-state index in [2.05, 4.69) is 43.2 Å². The van der Waals surface area contributed by atoms with Gasteiger partial charge >= 0.3 is 0 Å². The molecule has 1 aromatic carbocycles. The summed E-state index contributed by atoms with van der Waals surface area (Å²) in [4.78, 5) is 16.7. The van der Waals surface area contributed by atoms with Crippen LogP contribution < -0.4 is 5.32 Å². The Bertz CT molecular complexity index is 916. The van der Waals surface area contributed by atoms with E-state index in [0.717, 1.165) is 16.8 Å². The Hall–Kier alpha value is -1.73. The molecule has 1 aromatic heterocycles. The van der Waals surface area contributed by atoms with Crippen molar-refractivity contribution >= 4 is 32.2 Å². The minimum atomic E-state index is -2.95. The predicted molar refractivity (Wildman–Crippen MR) is 102 cm³/mol. The fourth-order valence-electron chi connectivity index (χ4n) is 3.16. The van der Waals surface area contributed by atoms with E-state index >= 15 is 0 Å². The van der Waals surface area contributed by atoms with E-state index in [-0.39, 0.29) is 29.8 Å². The molecule has 0 saturated carbocycles. The van der Waals surface area contributed by atoms with E-state index < -0.39 is 9.84 Å². The highest BCUT2D eigenvalue weighted by molar-refractivity contribution is 7.91. The maximum Gasteiger partial charge on any atom is 0.226 e. The smallest absolute Gasteiger partial charge is 0.226 e. The first kappa shape index (κ1) is 18.1. The summed E-state index contributed by atoms with van der Waals surface area (Å²) in [5.74, 6) is 0.0651. The van der Waals surface area contributed by atoms with Gasteiger partial charge in [-0.25, -0.2) is 13.4 Å². The van der Waals surface area contributed by atoms with Gasteiger partial charge in [-0.1, -0.05) is 6.07 Å². The fourth-order valence-corrected chi connectivity index (χ4v) is 5.75. The normalized spacial score (nSPS) is 19.1. The van der Waals surface area contributed by atoms with Gasteiger partial charge in [0.2, 0.25) is 5.91 Å². The number of thiazole rings is 1. The van der Waals surface area contributed by atoms with Gasteiger partial charge in [-0.15, -0.1) is 11.3 Å². The SMILES string of the molecule is Cc1cc(C)c(-c2csc(NC(=O)C[C@H]3CCS(=O)(=O)C3)n2)cc1C. The summed E-state index contributed by atoms with van der Waals surface area (Å²) in [7, 11) is -2.95. The lowest BCUT2D eigenvalue weighted by Crippen LogP contribution is -2.17. The number of aromatic nitrogens is 1. The molecule has 1 saturated heterocycles. The summed E-state index contributed by atoms with van der Waals surface area (Å²) in [6.07, 6.45) is 0.803. The Morgan fingerprint density at radius 3 is 2.64 bits per heavy atom. The number of aryl methyl sites for hydroxylation is 3. The third-order valence-corrected chi connectivity index (χ3v) is 7.26. The van der Waals surface area contributed by atoms with E-state index in [4.69, 9.17) is 0 Å². The second-order valence-electron chi connectivity index (χ2n) is 6.81. The van der Waals surface area contributed by atoms with Gasteiger partial charge in [0.1, 0.15) is 0 Å². The summed E-state index contributed by atoms with van der Waals surface area (Å²) in [5, 5.41) is 5.30. The zero-order chi connectivity index (χ0) is 18.2. The molecular formula is C18H22N2O3S2. The van der Waals surface area contributed by atoms with Crippen molar-refractivity contribution in [2.24, 2.45) is 5.92 Å². The molecule has 5 nitrogen and oxygen atoms in total. The lowest BCUT2D eigenvalue weighted by Gasteiger charge is -2.08. The van der Waals surface area contributed by atoms with Crippen LogP contribution in [0.2, 0.25) is 0 Å². The lowest BCUT2D eigenvalue weighted by molar-refractivity contribution is -0.116. The predicted octanol–water partition coefficient (Wildman–Crippen LogP) is 3.50. The molecule has 2 aromatic rings. The van der Waals surface area contributed by atoms with Crippen LogP contribution >= 0.6 is 11.3 Å². The molecule has 25 heavy (non-hydrogen) atoms. The summed E-state index contributed by atoms with van der Waals surface area (Å²) in [5.41, 5.74) is 5.53. The number of benzene rings is 1. The third-order valence-electron chi connectivity index (χ3n) is 4.67. The van der Waals surface area contributed by atoms with E-state index in [9.17, 15) is 13.2 Å². The molecule has 0 bridgehead atoms. The maximum absolute atomic E-state index is 12.2. The van der Waals surface area contributed by atoms with Crippen molar-refractivity contribution in [3.8, 4) is 11.3 Å². The Morgan fingerprint density at radius 2 is 1.96 bits per heavy atom. The van der Waals surface area contributed by atoms with Crippen LogP contribution in [0.5, 0.6) is 0 Å². The standard InChI is InChI=1S/C18H22N2O3S2/c1-11-6-13(3)15(7-12(11)2)16-9-24-18(19-16)20-17(21)8-14-4-5-25(22,23)10-14/h6-7,9,14H,4-5,8,10H2,1-3H3,(H,19,20,21)/t14-/m1/s1. The van der Waals surface area contributed by atoms with Crippen LogP contribution in [0.4, 0.5) is 5.13 Å². The van der Waals surface area contributed by atoms with Crippen LogP contribution in [-0.2, 0) is 14.6 Å². The number of amides is 1. The first-order chi connectivity index (χ1) is 11.7. The van der Waals surface area contributed by atoms with Gasteiger partial charge in [0.25, 0.3) is 0 Å². The molecule has 0 spiro atoms. The van der Waals surface area contributed by atoms with Gasteiger partial charge in [-0.2, -0.15) is 0 Å². The Labute approximate surface area is 152 Å². The molecule has 1 aliphatic rings. The molecule has 2 heterocycles. The summed E-state index contributed by atoms with van der Waals surface area (Å²) >= 11 is 1.39. The molecule has 1 aliphatic heterocycles. The van der Waals surface area contributed by atoms with Crippen molar-refractivity contribution in [2.75, 3.05) is 16.8 Å².